The number of carbonyl (C=O) groups excluding carboxylic acids is 2. The summed E-state index contributed by atoms with van der Waals surface area (Å²) in [5.41, 5.74) is 0. The largest absolute Gasteiger partial charge is 0.480 e. The summed E-state index contributed by atoms with van der Waals surface area (Å²) < 4.78 is 26.7. The summed E-state index contributed by atoms with van der Waals surface area (Å²) in [6.07, 6.45) is 39.6. The molecule has 3 atom stereocenters. The monoisotopic (exact) mass is 767 g/mol. The molecule has 0 rings (SSSR count). The maximum Gasteiger partial charge on any atom is 0.472 e. The van der Waals surface area contributed by atoms with Crippen LogP contribution in [0.3, 0.4) is 0 Å². The Morgan fingerprint density at radius 3 is 1.66 bits per heavy atom. The number of aliphatic hydroxyl groups excluding tert-OH is 1. The van der Waals surface area contributed by atoms with Gasteiger partial charge in [0.1, 0.15) is 12.7 Å². The molecule has 0 saturated heterocycles. The Morgan fingerprint density at radius 1 is 0.623 bits per heavy atom. The molecule has 0 radical (unpaired) electrons. The number of phosphoric acid groups is 1. The standard InChI is InChI=1S/C41H70NO10P/c1-3-5-7-9-11-13-15-17-18-19-21-22-24-26-28-30-32-39(44)42-38(41(46)47)36-52-53(48,49)51-35-37(43)34-50-40(45)33-31-29-27-25-23-20-16-14-12-10-8-6-4-2/h6,8,12-15,18-20,23,37-38,43H,3-5,7,9-11,16-17,21-22,24-36H2,1-2H3,(H,42,44)(H,46,47)(H,48,49)/b8-6-,14-12-,15-13-,19-18-,23-20-. The molecule has 0 aliphatic rings. The summed E-state index contributed by atoms with van der Waals surface area (Å²) in [4.78, 5) is 45.7. The third-order valence-corrected chi connectivity index (χ3v) is 8.99. The molecular formula is C41H70NO10P. The quantitative estimate of drug-likeness (QED) is 0.0208. The summed E-state index contributed by atoms with van der Waals surface area (Å²) in [6.45, 7) is 2.39. The van der Waals surface area contributed by atoms with E-state index in [1.54, 1.807) is 0 Å². The fourth-order valence-corrected chi connectivity index (χ4v) is 5.72. The molecule has 304 valence electrons. The van der Waals surface area contributed by atoms with Crippen LogP contribution >= 0.6 is 7.82 Å². The number of aliphatic hydroxyl groups is 1. The van der Waals surface area contributed by atoms with E-state index in [1.807, 2.05) is 0 Å². The molecule has 4 N–H and O–H groups in total. The minimum atomic E-state index is -4.76. The highest BCUT2D eigenvalue weighted by Crippen LogP contribution is 2.43. The van der Waals surface area contributed by atoms with E-state index in [9.17, 15) is 34.1 Å². The van der Waals surface area contributed by atoms with Crippen LogP contribution in [0.5, 0.6) is 0 Å². The lowest BCUT2D eigenvalue weighted by Gasteiger charge is -2.18. The van der Waals surface area contributed by atoms with E-state index in [1.165, 1.54) is 25.7 Å². The van der Waals surface area contributed by atoms with Crippen LogP contribution in [-0.2, 0) is 32.7 Å². The molecule has 0 aromatic heterocycles. The number of carbonyl (C=O) groups is 3. The van der Waals surface area contributed by atoms with Gasteiger partial charge in [0.05, 0.1) is 13.2 Å². The van der Waals surface area contributed by atoms with Gasteiger partial charge in [-0.15, -0.1) is 0 Å². The number of rotatable bonds is 36. The van der Waals surface area contributed by atoms with Crippen molar-refractivity contribution in [3.8, 4) is 0 Å². The maximum atomic E-state index is 12.3. The first-order valence-electron chi connectivity index (χ1n) is 19.8. The number of unbranched alkanes of at least 4 members (excludes halogenated alkanes) is 12. The zero-order valence-corrected chi connectivity index (χ0v) is 33.4. The topological polar surface area (TPSA) is 169 Å². The zero-order valence-electron chi connectivity index (χ0n) is 32.5. The second-order valence-corrected chi connectivity index (χ2v) is 14.5. The number of allylic oxidation sites excluding steroid dienone is 10. The average Bonchev–Trinajstić information content (AvgIpc) is 3.13. The van der Waals surface area contributed by atoms with Crippen LogP contribution in [0.15, 0.2) is 60.8 Å². The predicted molar refractivity (Wildman–Crippen MR) is 212 cm³/mol. The van der Waals surface area contributed by atoms with Gasteiger partial charge >= 0.3 is 19.8 Å². The normalized spacial score (nSPS) is 14.5. The molecule has 1 amide bonds. The van der Waals surface area contributed by atoms with Gasteiger partial charge in [0, 0.05) is 12.8 Å². The van der Waals surface area contributed by atoms with Gasteiger partial charge < -0.3 is 25.2 Å². The van der Waals surface area contributed by atoms with E-state index in [4.69, 9.17) is 13.8 Å². The van der Waals surface area contributed by atoms with Crippen LogP contribution in [0.4, 0.5) is 0 Å². The molecule has 0 aromatic carbocycles. The average molecular weight is 768 g/mol. The molecule has 0 aromatic rings. The lowest BCUT2D eigenvalue weighted by atomic mass is 10.1. The van der Waals surface area contributed by atoms with Crippen LogP contribution < -0.4 is 5.32 Å². The van der Waals surface area contributed by atoms with Crippen LogP contribution in [0, 0.1) is 0 Å². The van der Waals surface area contributed by atoms with Crippen LogP contribution in [0.1, 0.15) is 149 Å². The molecule has 0 bridgehead atoms. The van der Waals surface area contributed by atoms with Gasteiger partial charge in [-0.3, -0.25) is 18.6 Å². The molecule has 0 aliphatic heterocycles. The third kappa shape index (κ3) is 36.0. The van der Waals surface area contributed by atoms with Crippen LogP contribution in [0.2, 0.25) is 0 Å². The Hall–Kier alpha value is -2.82. The Bertz CT molecular complexity index is 1130. The van der Waals surface area contributed by atoms with Gasteiger partial charge in [0.25, 0.3) is 0 Å². The third-order valence-electron chi connectivity index (χ3n) is 8.04. The number of esters is 1. The molecule has 11 nitrogen and oxygen atoms in total. The van der Waals surface area contributed by atoms with Crippen molar-refractivity contribution in [3.63, 3.8) is 0 Å². The van der Waals surface area contributed by atoms with Gasteiger partial charge in [-0.25, -0.2) is 9.36 Å². The smallest absolute Gasteiger partial charge is 0.472 e. The Balaban J connectivity index is 4.02. The number of nitrogens with one attached hydrogen (secondary N) is 1. The number of hydrogen-bond acceptors (Lipinski definition) is 8. The molecule has 3 unspecified atom stereocenters. The number of phosphoric ester groups is 1. The zero-order chi connectivity index (χ0) is 39.3. The van der Waals surface area contributed by atoms with Crippen LogP contribution in [-0.4, -0.2) is 64.9 Å². The molecule has 53 heavy (non-hydrogen) atoms. The summed E-state index contributed by atoms with van der Waals surface area (Å²) in [6, 6.07) is -1.56. The lowest BCUT2D eigenvalue weighted by molar-refractivity contribution is -0.147. The van der Waals surface area contributed by atoms with Gasteiger partial charge in [-0.1, -0.05) is 120 Å². The highest BCUT2D eigenvalue weighted by atomic mass is 31.2. The molecule has 0 aliphatic carbocycles. The van der Waals surface area contributed by atoms with Crippen molar-refractivity contribution in [1.82, 2.24) is 5.32 Å². The minimum Gasteiger partial charge on any atom is -0.480 e. The van der Waals surface area contributed by atoms with Crippen molar-refractivity contribution in [3.05, 3.63) is 60.8 Å². The first-order valence-corrected chi connectivity index (χ1v) is 21.3. The fraction of sp³-hybridized carbons (Fsp3) is 0.683. The lowest BCUT2D eigenvalue weighted by Crippen LogP contribution is -2.43. The van der Waals surface area contributed by atoms with Crippen molar-refractivity contribution >= 4 is 25.7 Å². The van der Waals surface area contributed by atoms with Gasteiger partial charge in [-0.05, 0) is 77.0 Å². The summed E-state index contributed by atoms with van der Waals surface area (Å²) in [5, 5.41) is 21.7. The van der Waals surface area contributed by atoms with Crippen molar-refractivity contribution in [2.24, 2.45) is 0 Å². The Labute approximate surface area is 319 Å². The summed E-state index contributed by atoms with van der Waals surface area (Å²) >= 11 is 0. The second-order valence-electron chi connectivity index (χ2n) is 13.1. The SMILES string of the molecule is CC/C=C\C/C=C\C/C=C\CCCCCC(=O)OCC(O)COP(=O)(O)OCC(NC(=O)CCCCCCC/C=C\C/C=C\CCCCCC)C(=O)O. The van der Waals surface area contributed by atoms with E-state index in [-0.39, 0.29) is 12.8 Å². The summed E-state index contributed by atoms with van der Waals surface area (Å²) in [5.74, 6) is -2.43. The highest BCUT2D eigenvalue weighted by Gasteiger charge is 2.28. The van der Waals surface area contributed by atoms with Crippen LogP contribution in [0.25, 0.3) is 0 Å². The van der Waals surface area contributed by atoms with Gasteiger partial charge in [0.2, 0.25) is 5.91 Å². The van der Waals surface area contributed by atoms with E-state index >= 15 is 0 Å². The maximum absolute atomic E-state index is 12.3. The molecule has 12 heteroatoms. The summed E-state index contributed by atoms with van der Waals surface area (Å²) in [7, 11) is -4.76. The van der Waals surface area contributed by atoms with E-state index < -0.39 is 57.6 Å². The number of hydrogen-bond donors (Lipinski definition) is 4. The molecule has 0 saturated carbocycles. The highest BCUT2D eigenvalue weighted by molar-refractivity contribution is 7.47. The number of amides is 1. The van der Waals surface area contributed by atoms with Crippen molar-refractivity contribution in [1.29, 1.82) is 0 Å². The minimum absolute atomic E-state index is 0.125. The number of carboxylic acids is 1. The number of ether oxygens (including phenoxy) is 1. The molecule has 0 spiro atoms. The van der Waals surface area contributed by atoms with E-state index in [2.05, 4.69) is 79.9 Å². The predicted octanol–water partition coefficient (Wildman–Crippen LogP) is 9.61. The molecule has 0 fully saturated rings. The Kier molecular flexibility index (Phi) is 34.2. The number of carboxylic acid groups (broad SMARTS) is 1. The van der Waals surface area contributed by atoms with Gasteiger partial charge in [0.15, 0.2) is 6.04 Å². The molecular weight excluding hydrogens is 697 g/mol. The Morgan fingerprint density at radius 2 is 1.09 bits per heavy atom. The second kappa shape index (κ2) is 36.2. The van der Waals surface area contributed by atoms with Crippen molar-refractivity contribution < 1.29 is 47.8 Å². The molecule has 0 heterocycles. The first kappa shape index (κ1) is 50.2. The van der Waals surface area contributed by atoms with E-state index in [0.29, 0.717) is 12.8 Å². The number of aliphatic carboxylic acids is 1. The van der Waals surface area contributed by atoms with Crippen molar-refractivity contribution in [2.75, 3.05) is 19.8 Å². The van der Waals surface area contributed by atoms with Crippen molar-refractivity contribution in [2.45, 2.75) is 161 Å². The van der Waals surface area contributed by atoms with Gasteiger partial charge in [-0.2, -0.15) is 0 Å². The fourth-order valence-electron chi connectivity index (χ4n) is 4.95. The first-order chi connectivity index (χ1) is 25.6. The van der Waals surface area contributed by atoms with E-state index in [0.717, 1.165) is 83.5 Å².